The Bertz CT molecular complexity index is 1260. The van der Waals surface area contributed by atoms with Crippen molar-refractivity contribution in [3.05, 3.63) is 127 Å². The van der Waals surface area contributed by atoms with Gasteiger partial charge in [-0.2, -0.15) is 0 Å². The molecule has 0 saturated heterocycles. The summed E-state index contributed by atoms with van der Waals surface area (Å²) in [5, 5.41) is 4.67. The molecule has 0 amide bonds. The van der Waals surface area contributed by atoms with E-state index < -0.39 is 15.6 Å². The third-order valence-corrected chi connectivity index (χ3v) is 18.6. The van der Waals surface area contributed by atoms with Crippen molar-refractivity contribution in [1.29, 1.82) is 0 Å². The van der Waals surface area contributed by atoms with Crippen molar-refractivity contribution in [1.82, 2.24) is 0 Å². The quantitative estimate of drug-likeness (QED) is 0.0458. The molecule has 0 aliphatic heterocycles. The molecule has 4 aromatic carbocycles. The van der Waals surface area contributed by atoms with Crippen LogP contribution in [-0.4, -0.2) is 27.2 Å². The van der Waals surface area contributed by atoms with Gasteiger partial charge in [-0.05, 0) is 79.4 Å². The molecule has 4 rings (SSSR count). The summed E-state index contributed by atoms with van der Waals surface area (Å²) in [6.45, 7) is 13.0. The van der Waals surface area contributed by atoms with Crippen LogP contribution in [-0.2, 0) is 15.8 Å². The Hall–Kier alpha value is -1.82. The van der Waals surface area contributed by atoms with Gasteiger partial charge in [-0.3, -0.25) is 0 Å². The maximum Gasteiger partial charge on any atom is 0.192 e. The minimum atomic E-state index is -1.86. The van der Waals surface area contributed by atoms with Crippen molar-refractivity contribution in [3.8, 4) is 0 Å². The fourth-order valence-electron chi connectivity index (χ4n) is 5.96. The Morgan fingerprint density at radius 2 is 1.00 bits per heavy atom. The zero-order valence-corrected chi connectivity index (χ0v) is 32.9. The molecule has 0 fully saturated rings. The number of ether oxygens (including phenoxy) is 1. The van der Waals surface area contributed by atoms with Gasteiger partial charge in [-0.1, -0.05) is 131 Å². The summed E-state index contributed by atoms with van der Waals surface area (Å²) in [5.41, 5.74) is 1.22. The summed E-state index contributed by atoms with van der Waals surface area (Å²) >= 11 is 0. The summed E-state index contributed by atoms with van der Waals surface area (Å²) in [5.74, 6) is 0. The zero-order valence-electron chi connectivity index (χ0n) is 28.8. The highest BCUT2D eigenvalue weighted by atomic mass is 127. The van der Waals surface area contributed by atoms with Crippen molar-refractivity contribution in [2.75, 3.05) is 12.8 Å². The van der Waals surface area contributed by atoms with Crippen LogP contribution in [0.2, 0.25) is 18.1 Å². The number of halogens is 1. The van der Waals surface area contributed by atoms with E-state index in [4.69, 9.17) is 9.16 Å². The van der Waals surface area contributed by atoms with Gasteiger partial charge >= 0.3 is 0 Å². The van der Waals surface area contributed by atoms with Gasteiger partial charge in [0.15, 0.2) is 8.32 Å². The molecule has 0 saturated carbocycles. The third kappa shape index (κ3) is 11.1. The van der Waals surface area contributed by atoms with Crippen LogP contribution >= 0.6 is 7.26 Å². The lowest BCUT2D eigenvalue weighted by molar-refractivity contribution is -0.0000112. The summed E-state index contributed by atoms with van der Waals surface area (Å²) in [7, 11) is -3.58. The van der Waals surface area contributed by atoms with E-state index in [1.54, 1.807) is 0 Å². The maximum absolute atomic E-state index is 6.87. The molecule has 5 heteroatoms. The molecule has 0 heterocycles. The van der Waals surface area contributed by atoms with Crippen molar-refractivity contribution >= 4 is 31.5 Å². The predicted molar refractivity (Wildman–Crippen MR) is 201 cm³/mol. The van der Waals surface area contributed by atoms with E-state index in [-0.39, 0.29) is 35.1 Å². The van der Waals surface area contributed by atoms with E-state index in [9.17, 15) is 0 Å². The molecular weight excluding hydrogens is 710 g/mol. The first-order chi connectivity index (χ1) is 21.7. The summed E-state index contributed by atoms with van der Waals surface area (Å²) in [6.07, 6.45) is 10.0. The number of unbranched alkanes of at least 4 members (excludes halogenated alkanes) is 5. The lowest BCUT2D eigenvalue weighted by Gasteiger charge is -2.39. The Morgan fingerprint density at radius 1 is 0.587 bits per heavy atom. The first kappa shape index (κ1) is 38.6. The first-order valence-corrected chi connectivity index (χ1v) is 21.9. The number of rotatable bonds is 18. The van der Waals surface area contributed by atoms with Crippen molar-refractivity contribution in [3.63, 3.8) is 0 Å². The van der Waals surface area contributed by atoms with Crippen LogP contribution in [0.5, 0.6) is 0 Å². The highest BCUT2D eigenvalue weighted by Gasteiger charge is 2.44. The van der Waals surface area contributed by atoms with Crippen LogP contribution in [0.15, 0.2) is 121 Å². The van der Waals surface area contributed by atoms with E-state index in [0.29, 0.717) is 13.2 Å². The molecule has 0 bridgehead atoms. The summed E-state index contributed by atoms with van der Waals surface area (Å²) < 4.78 is 13.1. The van der Waals surface area contributed by atoms with Crippen LogP contribution < -0.4 is 39.9 Å². The average Bonchev–Trinajstić information content (AvgIpc) is 3.05. The SMILES string of the molecule is CC(C)(C)[Si](C)(C)O[C@H](CCCCCCCC[P+](c1ccccc1)(c1ccccc1)c1ccccc1)COCc1ccccc1.[I-]. The van der Waals surface area contributed by atoms with E-state index in [2.05, 4.69) is 155 Å². The Kier molecular flexibility index (Phi) is 16.2. The molecule has 0 aliphatic carbocycles. The van der Waals surface area contributed by atoms with E-state index in [1.807, 2.05) is 0 Å². The van der Waals surface area contributed by atoms with Gasteiger partial charge < -0.3 is 33.1 Å². The van der Waals surface area contributed by atoms with Gasteiger partial charge in [0.25, 0.3) is 0 Å². The highest BCUT2D eigenvalue weighted by Crippen LogP contribution is 2.56. The molecule has 0 radical (unpaired) electrons. The fourth-order valence-corrected chi connectivity index (χ4v) is 11.7. The van der Waals surface area contributed by atoms with Crippen LogP contribution in [0.25, 0.3) is 0 Å². The van der Waals surface area contributed by atoms with E-state index in [0.717, 1.165) is 6.42 Å². The Balaban J connectivity index is 0.00000576. The molecule has 46 heavy (non-hydrogen) atoms. The van der Waals surface area contributed by atoms with Gasteiger partial charge in [-0.15, -0.1) is 0 Å². The molecule has 4 aromatic rings. The van der Waals surface area contributed by atoms with Gasteiger partial charge in [-0.25, -0.2) is 0 Å². The first-order valence-electron chi connectivity index (χ1n) is 17.1. The van der Waals surface area contributed by atoms with E-state index >= 15 is 0 Å². The van der Waals surface area contributed by atoms with Crippen molar-refractivity contribution < 1.29 is 33.1 Å². The standard InChI is InChI=1S/C41H56O2PSi.HI/c1-41(2,3)45(4,5)43-37(35-42-34-36-24-14-10-15-25-36)26-16-8-6-7-9-23-33-44(38-27-17-11-18-28-38,39-29-19-12-20-30-39)40-31-21-13-22-32-40;/h10-15,17-22,24-25,27-32,37H,6-9,16,23,26,33-35H2,1-5H3;1H/q+1;/p-1/t37-;/m1./s1. The molecule has 248 valence electrons. The number of benzene rings is 4. The highest BCUT2D eigenvalue weighted by molar-refractivity contribution is 7.95. The van der Waals surface area contributed by atoms with Crippen LogP contribution in [0.1, 0.15) is 71.3 Å². The van der Waals surface area contributed by atoms with Crippen LogP contribution in [0.4, 0.5) is 0 Å². The number of hydrogen-bond acceptors (Lipinski definition) is 2. The fraction of sp³-hybridized carbons (Fsp3) is 0.415. The largest absolute Gasteiger partial charge is 1.00 e. The van der Waals surface area contributed by atoms with Crippen molar-refractivity contribution in [2.45, 2.75) is 96.6 Å². The maximum atomic E-state index is 6.87. The normalized spacial score (nSPS) is 12.8. The monoisotopic (exact) mass is 766 g/mol. The predicted octanol–water partition coefficient (Wildman–Crippen LogP) is 7.32. The second-order valence-corrected chi connectivity index (χ2v) is 22.3. The van der Waals surface area contributed by atoms with Crippen molar-refractivity contribution in [2.24, 2.45) is 0 Å². The molecule has 0 N–H and O–H groups in total. The van der Waals surface area contributed by atoms with Crippen LogP contribution in [0.3, 0.4) is 0 Å². The smallest absolute Gasteiger partial charge is 0.192 e. The second kappa shape index (κ2) is 19.2. The molecule has 0 aromatic heterocycles. The minimum absolute atomic E-state index is 0. The van der Waals surface area contributed by atoms with Gasteiger partial charge in [0.1, 0.15) is 23.2 Å². The minimum Gasteiger partial charge on any atom is -1.00 e. The molecular formula is C41H56IO2PSi. The molecule has 1 atom stereocenters. The molecule has 2 nitrogen and oxygen atoms in total. The Morgan fingerprint density at radius 3 is 1.46 bits per heavy atom. The third-order valence-electron chi connectivity index (χ3n) is 9.54. The van der Waals surface area contributed by atoms with Gasteiger partial charge in [0.2, 0.25) is 0 Å². The number of hydrogen-bond donors (Lipinski definition) is 0. The lowest BCUT2D eigenvalue weighted by atomic mass is 10.1. The van der Waals surface area contributed by atoms with Gasteiger partial charge in [0, 0.05) is 0 Å². The van der Waals surface area contributed by atoms with E-state index in [1.165, 1.54) is 66.2 Å². The topological polar surface area (TPSA) is 18.5 Å². The second-order valence-electron chi connectivity index (χ2n) is 14.0. The van der Waals surface area contributed by atoms with Gasteiger partial charge in [0.05, 0.1) is 25.5 Å². The zero-order chi connectivity index (χ0) is 32.0. The molecule has 0 unspecified atom stereocenters. The molecule has 0 aliphatic rings. The lowest BCUT2D eigenvalue weighted by Crippen LogP contribution is -3.00. The summed E-state index contributed by atoms with van der Waals surface area (Å²) in [4.78, 5) is 0. The Labute approximate surface area is 299 Å². The summed E-state index contributed by atoms with van der Waals surface area (Å²) in [6, 6.07) is 44.4. The van der Waals surface area contributed by atoms with Crippen LogP contribution in [0, 0.1) is 0 Å². The average molecular weight is 767 g/mol. The molecule has 0 spiro atoms.